The van der Waals surface area contributed by atoms with Crippen LogP contribution in [0.3, 0.4) is 0 Å². The number of hydrogen-bond acceptors (Lipinski definition) is 6. The summed E-state index contributed by atoms with van der Waals surface area (Å²) in [7, 11) is 1.57. The summed E-state index contributed by atoms with van der Waals surface area (Å²) in [6.07, 6.45) is 0.848. The van der Waals surface area contributed by atoms with E-state index in [2.05, 4.69) is 0 Å². The fourth-order valence-electron chi connectivity index (χ4n) is 5.47. The Morgan fingerprint density at radius 1 is 0.892 bits per heavy atom. The average Bonchev–Trinajstić information content (AvgIpc) is 3.31. The van der Waals surface area contributed by atoms with E-state index < -0.39 is 11.8 Å². The van der Waals surface area contributed by atoms with Gasteiger partial charge in [-0.15, -0.1) is 0 Å². The third-order valence-electron chi connectivity index (χ3n) is 7.50. The molecule has 3 aliphatic rings. The van der Waals surface area contributed by atoms with Crippen molar-refractivity contribution >= 4 is 17.7 Å². The van der Waals surface area contributed by atoms with Crippen LogP contribution in [-0.4, -0.2) is 97.3 Å². The lowest BCUT2D eigenvalue weighted by molar-refractivity contribution is -0.141. The Kier molecular flexibility index (Phi) is 7.17. The third kappa shape index (κ3) is 4.93. The largest absolute Gasteiger partial charge is 0.497 e. The zero-order valence-corrected chi connectivity index (χ0v) is 21.4. The first-order valence-electron chi connectivity index (χ1n) is 12.8. The van der Waals surface area contributed by atoms with Gasteiger partial charge in [0.2, 0.25) is 5.91 Å². The number of nitrogens with zero attached hydrogens (tertiary/aromatic N) is 3. The van der Waals surface area contributed by atoms with Crippen LogP contribution in [0.25, 0.3) is 0 Å². The second-order valence-electron chi connectivity index (χ2n) is 9.78. The molecule has 5 rings (SSSR count). The van der Waals surface area contributed by atoms with Gasteiger partial charge in [-0.25, -0.2) is 0 Å². The van der Waals surface area contributed by atoms with E-state index in [1.54, 1.807) is 52.1 Å². The lowest BCUT2D eigenvalue weighted by Crippen LogP contribution is -2.60. The van der Waals surface area contributed by atoms with Gasteiger partial charge in [0.15, 0.2) is 0 Å². The predicted octanol–water partition coefficient (Wildman–Crippen LogP) is 2.34. The minimum atomic E-state index is -0.946. The molecule has 2 aromatic rings. The molecule has 3 heterocycles. The minimum absolute atomic E-state index is 0.0933. The van der Waals surface area contributed by atoms with Crippen molar-refractivity contribution in [3.63, 3.8) is 0 Å². The first-order chi connectivity index (χ1) is 17.9. The van der Waals surface area contributed by atoms with E-state index in [1.165, 1.54) is 0 Å². The van der Waals surface area contributed by atoms with E-state index in [0.717, 1.165) is 5.56 Å². The number of benzene rings is 2. The van der Waals surface area contributed by atoms with Gasteiger partial charge in [0.25, 0.3) is 11.8 Å². The number of aryl methyl sites for hydroxylation is 1. The molecular formula is C28H33N3O6. The van der Waals surface area contributed by atoms with Crippen molar-refractivity contribution in [2.75, 3.05) is 53.1 Å². The van der Waals surface area contributed by atoms with Crippen LogP contribution in [0.4, 0.5) is 0 Å². The summed E-state index contributed by atoms with van der Waals surface area (Å²) in [6.45, 7) is 4.85. The molecule has 0 radical (unpaired) electrons. The summed E-state index contributed by atoms with van der Waals surface area (Å²) in [5.41, 5.74) is 1.10. The summed E-state index contributed by atoms with van der Waals surface area (Å²) in [4.78, 5) is 45.9. The molecule has 9 heteroatoms. The molecule has 1 spiro atoms. The Hall–Kier alpha value is -3.43. The minimum Gasteiger partial charge on any atom is -0.497 e. The van der Waals surface area contributed by atoms with Crippen LogP contribution in [0, 0.1) is 6.92 Å². The maximum atomic E-state index is 13.9. The molecule has 0 aromatic heterocycles. The molecule has 0 aliphatic carbocycles. The number of carbonyl (C=O) groups is 3. The predicted molar refractivity (Wildman–Crippen MR) is 135 cm³/mol. The van der Waals surface area contributed by atoms with Gasteiger partial charge in [0, 0.05) is 50.1 Å². The van der Waals surface area contributed by atoms with Crippen LogP contribution in [0.15, 0.2) is 48.5 Å². The highest BCUT2D eigenvalue weighted by Crippen LogP contribution is 2.39. The molecule has 37 heavy (non-hydrogen) atoms. The molecule has 3 amide bonds. The summed E-state index contributed by atoms with van der Waals surface area (Å²) >= 11 is 0. The molecule has 3 saturated heterocycles. The molecule has 9 nitrogen and oxygen atoms in total. The van der Waals surface area contributed by atoms with Crippen LogP contribution in [0.2, 0.25) is 0 Å². The number of methoxy groups -OCH3 is 1. The third-order valence-corrected chi connectivity index (χ3v) is 7.50. The Balaban J connectivity index is 1.39. The lowest BCUT2D eigenvalue weighted by Gasteiger charge is -2.45. The van der Waals surface area contributed by atoms with Gasteiger partial charge in [0.05, 0.1) is 26.9 Å². The highest BCUT2D eigenvalue weighted by atomic mass is 16.5. The fraction of sp³-hybridized carbons (Fsp3) is 0.464. The van der Waals surface area contributed by atoms with Gasteiger partial charge in [0.1, 0.15) is 17.5 Å². The molecular weight excluding hydrogens is 474 g/mol. The van der Waals surface area contributed by atoms with Crippen LogP contribution >= 0.6 is 0 Å². The molecule has 0 bridgehead atoms. The van der Waals surface area contributed by atoms with Crippen molar-refractivity contribution in [1.82, 2.24) is 14.7 Å². The average molecular weight is 508 g/mol. The number of hydrogen-bond donors (Lipinski definition) is 0. The van der Waals surface area contributed by atoms with Crippen molar-refractivity contribution < 1.29 is 28.6 Å². The fourth-order valence-corrected chi connectivity index (χ4v) is 5.47. The van der Waals surface area contributed by atoms with Gasteiger partial charge >= 0.3 is 0 Å². The Morgan fingerprint density at radius 3 is 2.24 bits per heavy atom. The summed E-state index contributed by atoms with van der Waals surface area (Å²) < 4.78 is 17.0. The highest BCUT2D eigenvalue weighted by Gasteiger charge is 2.55. The molecule has 1 atom stereocenters. The molecule has 0 N–H and O–H groups in total. The maximum Gasteiger partial charge on any atom is 0.256 e. The maximum absolute atomic E-state index is 13.9. The second-order valence-corrected chi connectivity index (χ2v) is 9.78. The van der Waals surface area contributed by atoms with E-state index >= 15 is 0 Å². The van der Waals surface area contributed by atoms with E-state index in [0.29, 0.717) is 69.1 Å². The Morgan fingerprint density at radius 2 is 1.57 bits per heavy atom. The van der Waals surface area contributed by atoms with Gasteiger partial charge in [-0.2, -0.15) is 0 Å². The smallest absolute Gasteiger partial charge is 0.256 e. The van der Waals surface area contributed by atoms with E-state index in [1.807, 2.05) is 25.1 Å². The van der Waals surface area contributed by atoms with E-state index in [4.69, 9.17) is 14.2 Å². The molecule has 0 saturated carbocycles. The molecule has 3 fully saturated rings. The van der Waals surface area contributed by atoms with Gasteiger partial charge < -0.3 is 24.0 Å². The van der Waals surface area contributed by atoms with Crippen LogP contribution in [0.1, 0.15) is 39.1 Å². The number of likely N-dealkylation sites (tertiary alicyclic amines) is 1. The summed E-state index contributed by atoms with van der Waals surface area (Å²) in [6, 6.07) is 13.8. The standard InChI is InChI=1S/C28H33N3O6/c1-20-5-3-6-21(17-20)26(33)31-24(27(34)30-13-15-36-16-14-30)19-37-28(31)9-11-29(12-10-28)25(32)22-7-4-8-23(18-22)35-2/h3-8,17-18,24H,9-16,19H2,1-2H3. The molecule has 3 aliphatic heterocycles. The number of morpholine rings is 1. The van der Waals surface area contributed by atoms with Crippen LogP contribution in [-0.2, 0) is 14.3 Å². The second kappa shape index (κ2) is 10.5. The number of ether oxygens (including phenoxy) is 3. The molecule has 196 valence electrons. The topological polar surface area (TPSA) is 88.6 Å². The number of amides is 3. The Labute approximate surface area is 216 Å². The van der Waals surface area contributed by atoms with Gasteiger partial charge in [-0.3, -0.25) is 19.3 Å². The van der Waals surface area contributed by atoms with Gasteiger partial charge in [-0.1, -0.05) is 23.8 Å². The number of carbonyl (C=O) groups excluding carboxylic acids is 3. The van der Waals surface area contributed by atoms with Crippen molar-refractivity contribution in [2.24, 2.45) is 0 Å². The first-order valence-corrected chi connectivity index (χ1v) is 12.8. The van der Waals surface area contributed by atoms with Gasteiger partial charge in [-0.05, 0) is 37.3 Å². The SMILES string of the molecule is COc1cccc(C(=O)N2CCC3(CC2)OCC(C(=O)N2CCOCC2)N3C(=O)c2cccc(C)c2)c1. The van der Waals surface area contributed by atoms with E-state index in [9.17, 15) is 14.4 Å². The molecule has 1 unspecified atom stereocenters. The van der Waals surface area contributed by atoms with Crippen molar-refractivity contribution in [3.05, 3.63) is 65.2 Å². The quantitative estimate of drug-likeness (QED) is 0.631. The van der Waals surface area contributed by atoms with Crippen LogP contribution in [0.5, 0.6) is 5.75 Å². The lowest BCUT2D eigenvalue weighted by atomic mass is 9.95. The van der Waals surface area contributed by atoms with Crippen molar-refractivity contribution in [3.8, 4) is 5.75 Å². The van der Waals surface area contributed by atoms with Crippen molar-refractivity contribution in [1.29, 1.82) is 0 Å². The summed E-state index contributed by atoms with van der Waals surface area (Å²) in [5, 5.41) is 0. The number of piperidine rings is 1. The molecule has 2 aromatic carbocycles. The van der Waals surface area contributed by atoms with Crippen LogP contribution < -0.4 is 4.74 Å². The monoisotopic (exact) mass is 507 g/mol. The summed E-state index contributed by atoms with van der Waals surface area (Å²) in [5.74, 6) is 0.193. The first kappa shape index (κ1) is 25.2. The number of rotatable bonds is 4. The van der Waals surface area contributed by atoms with Crippen molar-refractivity contribution in [2.45, 2.75) is 31.5 Å². The Bertz CT molecular complexity index is 1170. The highest BCUT2D eigenvalue weighted by molar-refractivity contribution is 5.99. The van der Waals surface area contributed by atoms with E-state index in [-0.39, 0.29) is 24.3 Å². The zero-order valence-electron chi connectivity index (χ0n) is 21.4. The normalized spacial score (nSPS) is 21.2. The zero-order chi connectivity index (χ0) is 26.0.